The van der Waals surface area contributed by atoms with Gasteiger partial charge < -0.3 is 0 Å². The fourth-order valence-corrected chi connectivity index (χ4v) is 4.26. The molecule has 4 aromatic carbocycles. The number of benzene rings is 4. The average Bonchev–Trinajstić information content (AvgIpc) is 3.19. The predicted molar refractivity (Wildman–Crippen MR) is 116 cm³/mol. The Morgan fingerprint density at radius 2 is 0.926 bits per heavy atom. The molecule has 0 amide bonds. The van der Waals surface area contributed by atoms with Crippen LogP contribution in [0.25, 0.3) is 43.0 Å². The summed E-state index contributed by atoms with van der Waals surface area (Å²) in [5.74, 6) is 0. The van der Waals surface area contributed by atoms with Crippen LogP contribution in [0.15, 0.2) is 103 Å². The van der Waals surface area contributed by atoms with Crippen LogP contribution >= 0.6 is 11.3 Å². The molecule has 1 aromatic heterocycles. The topological polar surface area (TPSA) is 12.9 Å². The Morgan fingerprint density at radius 3 is 1.52 bits per heavy atom. The summed E-state index contributed by atoms with van der Waals surface area (Å²) in [4.78, 5) is 4.75. The average molecular weight is 363 g/mol. The number of hydrogen-bond acceptors (Lipinski definition) is 2. The molecule has 5 aromatic rings. The molecule has 0 N–H and O–H groups in total. The number of hydrogen-bond donors (Lipinski definition) is 0. The van der Waals surface area contributed by atoms with Crippen LogP contribution in [0.3, 0.4) is 0 Å². The van der Waals surface area contributed by atoms with E-state index in [9.17, 15) is 0 Å². The summed E-state index contributed by atoms with van der Waals surface area (Å²) in [5.41, 5.74) is 7.17. The molecule has 2 heteroatoms. The summed E-state index contributed by atoms with van der Waals surface area (Å²) in [7, 11) is 0. The van der Waals surface area contributed by atoms with E-state index in [2.05, 4.69) is 91.0 Å². The first-order valence-corrected chi connectivity index (χ1v) is 9.80. The van der Waals surface area contributed by atoms with E-state index in [-0.39, 0.29) is 0 Å². The minimum absolute atomic E-state index is 1.07. The highest BCUT2D eigenvalue weighted by Crippen LogP contribution is 2.32. The fourth-order valence-electron chi connectivity index (χ4n) is 3.29. The quantitative estimate of drug-likeness (QED) is 0.328. The van der Waals surface area contributed by atoms with Gasteiger partial charge in [0.15, 0.2) is 0 Å². The summed E-state index contributed by atoms with van der Waals surface area (Å²) >= 11 is 1.74. The molecule has 0 spiro atoms. The first kappa shape index (κ1) is 16.0. The van der Waals surface area contributed by atoms with Gasteiger partial charge in [0.25, 0.3) is 0 Å². The van der Waals surface area contributed by atoms with E-state index in [4.69, 9.17) is 4.98 Å². The lowest BCUT2D eigenvalue weighted by molar-refractivity contribution is 1.47. The number of para-hydroxylation sites is 1. The lowest BCUT2D eigenvalue weighted by Crippen LogP contribution is -1.81. The number of rotatable bonds is 3. The van der Waals surface area contributed by atoms with Gasteiger partial charge in [-0.05, 0) is 34.4 Å². The Labute approximate surface area is 162 Å². The van der Waals surface area contributed by atoms with Crippen molar-refractivity contribution < 1.29 is 0 Å². The monoisotopic (exact) mass is 363 g/mol. The summed E-state index contributed by atoms with van der Waals surface area (Å²) in [5, 5.41) is 1.07. The van der Waals surface area contributed by atoms with Crippen LogP contribution < -0.4 is 0 Å². The maximum Gasteiger partial charge on any atom is 0.124 e. The fraction of sp³-hybridized carbons (Fsp3) is 0. The highest BCUT2D eigenvalue weighted by Gasteiger charge is 2.06. The Balaban J connectivity index is 1.43. The van der Waals surface area contributed by atoms with Crippen molar-refractivity contribution in [3.8, 4) is 32.8 Å². The highest BCUT2D eigenvalue weighted by atomic mass is 32.1. The van der Waals surface area contributed by atoms with Crippen LogP contribution in [0.4, 0.5) is 0 Å². The normalized spacial score (nSPS) is 11.0. The lowest BCUT2D eigenvalue weighted by Gasteiger charge is -2.06. The van der Waals surface area contributed by atoms with E-state index >= 15 is 0 Å². The van der Waals surface area contributed by atoms with E-state index in [1.165, 1.54) is 32.5 Å². The van der Waals surface area contributed by atoms with Gasteiger partial charge in [0.1, 0.15) is 5.01 Å². The summed E-state index contributed by atoms with van der Waals surface area (Å²) < 4.78 is 1.23. The van der Waals surface area contributed by atoms with Crippen molar-refractivity contribution in [2.75, 3.05) is 0 Å². The van der Waals surface area contributed by atoms with E-state index in [0.717, 1.165) is 10.5 Å². The minimum atomic E-state index is 1.07. The van der Waals surface area contributed by atoms with Crippen molar-refractivity contribution in [1.29, 1.82) is 0 Å². The minimum Gasteiger partial charge on any atom is -0.236 e. The number of fused-ring (bicyclic) bond motifs is 1. The molecule has 27 heavy (non-hydrogen) atoms. The summed E-state index contributed by atoms with van der Waals surface area (Å²) in [6, 6.07) is 36.2. The second-order valence-electron chi connectivity index (χ2n) is 6.51. The van der Waals surface area contributed by atoms with Crippen LogP contribution in [-0.4, -0.2) is 4.98 Å². The largest absolute Gasteiger partial charge is 0.236 e. The van der Waals surface area contributed by atoms with Crippen molar-refractivity contribution >= 4 is 21.6 Å². The third kappa shape index (κ3) is 3.16. The van der Waals surface area contributed by atoms with Crippen molar-refractivity contribution in [2.45, 2.75) is 0 Å². The van der Waals surface area contributed by atoms with Gasteiger partial charge >= 0.3 is 0 Å². The summed E-state index contributed by atoms with van der Waals surface area (Å²) in [6.45, 7) is 0. The number of thiazole rings is 1. The van der Waals surface area contributed by atoms with Gasteiger partial charge in [0.05, 0.1) is 10.2 Å². The maximum absolute atomic E-state index is 4.75. The Hall–Kier alpha value is -3.23. The van der Waals surface area contributed by atoms with Gasteiger partial charge in [-0.25, -0.2) is 4.98 Å². The van der Waals surface area contributed by atoms with Crippen molar-refractivity contribution in [1.82, 2.24) is 4.98 Å². The second kappa shape index (κ2) is 6.82. The zero-order chi connectivity index (χ0) is 18.1. The number of nitrogens with zero attached hydrogens (tertiary/aromatic N) is 1. The summed E-state index contributed by atoms with van der Waals surface area (Å²) in [6.07, 6.45) is 0. The van der Waals surface area contributed by atoms with Gasteiger partial charge in [0.2, 0.25) is 0 Å². The van der Waals surface area contributed by atoms with Crippen LogP contribution in [0, 0.1) is 0 Å². The lowest BCUT2D eigenvalue weighted by atomic mass is 10.00. The van der Waals surface area contributed by atoms with Crippen molar-refractivity contribution in [2.24, 2.45) is 0 Å². The molecule has 0 aliphatic heterocycles. The van der Waals surface area contributed by atoms with Gasteiger partial charge in [-0.15, -0.1) is 11.3 Å². The molecular weight excluding hydrogens is 346 g/mol. The molecule has 5 rings (SSSR count). The smallest absolute Gasteiger partial charge is 0.124 e. The molecule has 0 bridgehead atoms. The predicted octanol–water partition coefficient (Wildman–Crippen LogP) is 7.30. The molecule has 0 radical (unpaired) electrons. The zero-order valence-corrected chi connectivity index (χ0v) is 15.5. The highest BCUT2D eigenvalue weighted by molar-refractivity contribution is 7.21. The molecule has 0 unspecified atom stereocenters. The third-order valence-corrected chi connectivity index (χ3v) is 5.84. The standard InChI is InChI=1S/C25H17NS/c1-2-6-18(7-3-1)19-10-12-20(13-11-19)21-14-16-22(17-15-21)25-26-23-8-4-5-9-24(23)27-25/h1-17H. The van der Waals surface area contributed by atoms with E-state index in [0.29, 0.717) is 0 Å². The first-order valence-electron chi connectivity index (χ1n) is 8.99. The molecule has 0 atom stereocenters. The molecular formula is C25H17NS. The number of aromatic nitrogens is 1. The van der Waals surface area contributed by atoms with Gasteiger partial charge in [-0.1, -0.05) is 91.0 Å². The molecule has 1 nitrogen and oxygen atoms in total. The first-order chi connectivity index (χ1) is 13.4. The van der Waals surface area contributed by atoms with Crippen molar-refractivity contribution in [3.05, 3.63) is 103 Å². The zero-order valence-electron chi connectivity index (χ0n) is 14.7. The van der Waals surface area contributed by atoms with E-state index in [1.54, 1.807) is 11.3 Å². The molecule has 0 fully saturated rings. The third-order valence-electron chi connectivity index (χ3n) is 4.75. The molecule has 0 aliphatic carbocycles. The van der Waals surface area contributed by atoms with Crippen molar-refractivity contribution in [3.63, 3.8) is 0 Å². The van der Waals surface area contributed by atoms with Gasteiger partial charge in [-0.3, -0.25) is 0 Å². The van der Waals surface area contributed by atoms with Crippen LogP contribution in [-0.2, 0) is 0 Å². The van der Waals surface area contributed by atoms with Gasteiger partial charge in [0, 0.05) is 5.56 Å². The van der Waals surface area contributed by atoms with E-state index < -0.39 is 0 Å². The molecule has 0 saturated heterocycles. The van der Waals surface area contributed by atoms with Gasteiger partial charge in [-0.2, -0.15) is 0 Å². The molecule has 1 heterocycles. The second-order valence-corrected chi connectivity index (χ2v) is 7.54. The molecule has 0 saturated carbocycles. The Bertz CT molecular complexity index is 1150. The SMILES string of the molecule is c1ccc(-c2ccc(-c3ccc(-c4nc5ccccc5s4)cc3)cc2)cc1. The Morgan fingerprint density at radius 1 is 0.444 bits per heavy atom. The Kier molecular flexibility index (Phi) is 4.04. The van der Waals surface area contributed by atoms with E-state index in [1.807, 2.05) is 12.1 Å². The van der Waals surface area contributed by atoms with Crippen LogP contribution in [0.1, 0.15) is 0 Å². The van der Waals surface area contributed by atoms with Crippen LogP contribution in [0.5, 0.6) is 0 Å². The molecule has 0 aliphatic rings. The molecule has 128 valence electrons. The van der Waals surface area contributed by atoms with Crippen LogP contribution in [0.2, 0.25) is 0 Å². The maximum atomic E-state index is 4.75.